The summed E-state index contributed by atoms with van der Waals surface area (Å²) in [6, 6.07) is 11.1. The fourth-order valence-electron chi connectivity index (χ4n) is 2.59. The summed E-state index contributed by atoms with van der Waals surface area (Å²) in [6.45, 7) is 0. The van der Waals surface area contributed by atoms with Crippen molar-refractivity contribution >= 4 is 11.6 Å². The molecule has 2 aromatic rings. The van der Waals surface area contributed by atoms with Crippen LogP contribution in [0.2, 0.25) is 0 Å². The van der Waals surface area contributed by atoms with Crippen LogP contribution in [0.4, 0.5) is 0 Å². The molecule has 0 aliphatic rings. The van der Waals surface area contributed by atoms with Crippen LogP contribution in [0.15, 0.2) is 30.3 Å². The predicted octanol–water partition coefficient (Wildman–Crippen LogP) is 3.79. The van der Waals surface area contributed by atoms with Gasteiger partial charge < -0.3 is 23.7 Å². The highest BCUT2D eigenvalue weighted by Crippen LogP contribution is 2.42. The second-order valence-electron chi connectivity index (χ2n) is 5.17. The van der Waals surface area contributed by atoms with Crippen molar-refractivity contribution in [3.05, 3.63) is 41.5 Å². The minimum absolute atomic E-state index is 0.412. The van der Waals surface area contributed by atoms with Crippen LogP contribution in [0.3, 0.4) is 0 Å². The molecule has 0 bridgehead atoms. The third-order valence-electron chi connectivity index (χ3n) is 3.83. The van der Waals surface area contributed by atoms with E-state index < -0.39 is 0 Å². The van der Waals surface area contributed by atoms with E-state index in [2.05, 4.69) is 6.07 Å². The van der Waals surface area contributed by atoms with Gasteiger partial charge in [0.1, 0.15) is 0 Å². The smallest absolute Gasteiger partial charge is 0.203 e. The standard InChI is InChI=1S/C20H21NO5/c1-22-16-8-6-13(11-18(16)24-3)10-14(12-21)15-7-9-17(23-2)20(26-5)19(15)25-4/h6-11H,1-5H3. The molecule has 0 N–H and O–H groups in total. The topological polar surface area (TPSA) is 69.9 Å². The fraction of sp³-hybridized carbons (Fsp3) is 0.250. The second-order valence-corrected chi connectivity index (χ2v) is 5.17. The predicted molar refractivity (Wildman–Crippen MR) is 99.1 cm³/mol. The molecule has 0 heterocycles. The first kappa shape index (κ1) is 19.0. The SMILES string of the molecule is COc1ccc(C=C(C#N)c2ccc(OC)c(OC)c2OC)cc1OC. The quantitative estimate of drug-likeness (QED) is 0.556. The molecule has 0 aliphatic carbocycles. The normalized spacial score (nSPS) is 10.7. The highest BCUT2D eigenvalue weighted by molar-refractivity contribution is 5.93. The van der Waals surface area contributed by atoms with Gasteiger partial charge in [0.05, 0.1) is 47.2 Å². The lowest BCUT2D eigenvalue weighted by Crippen LogP contribution is -1.98. The van der Waals surface area contributed by atoms with E-state index in [0.717, 1.165) is 5.56 Å². The highest BCUT2D eigenvalue weighted by Gasteiger charge is 2.18. The summed E-state index contributed by atoms with van der Waals surface area (Å²) in [7, 11) is 7.72. The van der Waals surface area contributed by atoms with E-state index in [1.807, 2.05) is 6.07 Å². The number of allylic oxidation sites excluding steroid dienone is 1. The van der Waals surface area contributed by atoms with Gasteiger partial charge in [-0.3, -0.25) is 0 Å². The van der Waals surface area contributed by atoms with Gasteiger partial charge >= 0.3 is 0 Å². The van der Waals surface area contributed by atoms with Gasteiger partial charge in [0.2, 0.25) is 5.75 Å². The molecule has 6 heteroatoms. The van der Waals surface area contributed by atoms with E-state index in [1.54, 1.807) is 51.7 Å². The fourth-order valence-corrected chi connectivity index (χ4v) is 2.59. The average Bonchev–Trinajstić information content (AvgIpc) is 2.70. The Morgan fingerprint density at radius 2 is 1.38 bits per heavy atom. The Labute approximate surface area is 153 Å². The average molecular weight is 355 g/mol. The maximum atomic E-state index is 9.68. The Balaban J connectivity index is 2.59. The Morgan fingerprint density at radius 1 is 0.769 bits per heavy atom. The summed E-state index contributed by atoms with van der Waals surface area (Å²) in [5, 5.41) is 9.68. The van der Waals surface area contributed by atoms with Crippen molar-refractivity contribution in [1.82, 2.24) is 0 Å². The molecule has 0 aliphatic heterocycles. The van der Waals surface area contributed by atoms with Gasteiger partial charge in [-0.2, -0.15) is 5.26 Å². The molecule has 2 rings (SSSR count). The highest BCUT2D eigenvalue weighted by atomic mass is 16.5. The van der Waals surface area contributed by atoms with Crippen molar-refractivity contribution in [3.8, 4) is 34.8 Å². The number of methoxy groups -OCH3 is 5. The maximum absolute atomic E-state index is 9.68. The lowest BCUT2D eigenvalue weighted by molar-refractivity contribution is 0.324. The van der Waals surface area contributed by atoms with E-state index in [-0.39, 0.29) is 0 Å². The number of hydrogen-bond donors (Lipinski definition) is 0. The number of hydrogen-bond acceptors (Lipinski definition) is 6. The lowest BCUT2D eigenvalue weighted by atomic mass is 10.0. The summed E-state index contributed by atoms with van der Waals surface area (Å²) < 4.78 is 26.7. The molecule has 0 fully saturated rings. The molecule has 0 saturated heterocycles. The molecular formula is C20H21NO5. The van der Waals surface area contributed by atoms with Crippen molar-refractivity contribution in [3.63, 3.8) is 0 Å². The molecule has 0 aromatic heterocycles. The van der Waals surface area contributed by atoms with Crippen molar-refractivity contribution < 1.29 is 23.7 Å². The van der Waals surface area contributed by atoms with Crippen LogP contribution >= 0.6 is 0 Å². The van der Waals surface area contributed by atoms with Crippen LogP contribution < -0.4 is 23.7 Å². The van der Waals surface area contributed by atoms with Crippen LogP contribution in [0, 0.1) is 11.3 Å². The zero-order chi connectivity index (χ0) is 19.1. The van der Waals surface area contributed by atoms with Gasteiger partial charge in [-0.15, -0.1) is 0 Å². The van der Waals surface area contributed by atoms with Gasteiger partial charge in [-0.1, -0.05) is 6.07 Å². The second kappa shape index (κ2) is 8.67. The maximum Gasteiger partial charge on any atom is 0.203 e. The van der Waals surface area contributed by atoms with Crippen molar-refractivity contribution in [1.29, 1.82) is 5.26 Å². The number of nitriles is 1. The Kier molecular flexibility index (Phi) is 6.34. The molecular weight excluding hydrogens is 334 g/mol. The van der Waals surface area contributed by atoms with Gasteiger partial charge in [0.25, 0.3) is 0 Å². The van der Waals surface area contributed by atoms with Gasteiger partial charge in [-0.05, 0) is 35.9 Å². The molecule has 0 saturated carbocycles. The monoisotopic (exact) mass is 355 g/mol. The van der Waals surface area contributed by atoms with Crippen molar-refractivity contribution in [2.24, 2.45) is 0 Å². The summed E-state index contributed by atoms with van der Waals surface area (Å²) in [4.78, 5) is 0. The van der Waals surface area contributed by atoms with E-state index >= 15 is 0 Å². The molecule has 136 valence electrons. The van der Waals surface area contributed by atoms with E-state index in [0.29, 0.717) is 39.9 Å². The lowest BCUT2D eigenvalue weighted by Gasteiger charge is -2.15. The first-order valence-electron chi connectivity index (χ1n) is 7.76. The van der Waals surface area contributed by atoms with Crippen LogP contribution in [0.5, 0.6) is 28.7 Å². The third-order valence-corrected chi connectivity index (χ3v) is 3.83. The molecule has 0 atom stereocenters. The first-order chi connectivity index (χ1) is 12.6. The van der Waals surface area contributed by atoms with Crippen LogP contribution in [-0.4, -0.2) is 35.5 Å². The summed E-state index contributed by atoms with van der Waals surface area (Å²) in [6.07, 6.45) is 1.74. The summed E-state index contributed by atoms with van der Waals surface area (Å²) in [5.41, 5.74) is 1.80. The largest absolute Gasteiger partial charge is 0.493 e. The van der Waals surface area contributed by atoms with E-state index in [4.69, 9.17) is 23.7 Å². The number of nitrogens with zero attached hydrogens (tertiary/aromatic N) is 1. The van der Waals surface area contributed by atoms with E-state index in [9.17, 15) is 5.26 Å². The Hall–Kier alpha value is -3.33. The molecule has 6 nitrogen and oxygen atoms in total. The van der Waals surface area contributed by atoms with E-state index in [1.165, 1.54) is 14.2 Å². The van der Waals surface area contributed by atoms with Gasteiger partial charge in [0.15, 0.2) is 23.0 Å². The van der Waals surface area contributed by atoms with Crippen LogP contribution in [-0.2, 0) is 0 Å². The first-order valence-corrected chi connectivity index (χ1v) is 7.76. The van der Waals surface area contributed by atoms with Gasteiger partial charge in [0, 0.05) is 5.56 Å². The number of ether oxygens (including phenoxy) is 5. The van der Waals surface area contributed by atoms with Crippen LogP contribution in [0.25, 0.3) is 11.6 Å². The van der Waals surface area contributed by atoms with Crippen molar-refractivity contribution in [2.45, 2.75) is 0 Å². The Morgan fingerprint density at radius 3 is 1.92 bits per heavy atom. The minimum atomic E-state index is 0.412. The minimum Gasteiger partial charge on any atom is -0.493 e. The molecule has 0 amide bonds. The molecule has 0 unspecified atom stereocenters. The number of rotatable bonds is 7. The summed E-state index contributed by atoms with van der Waals surface area (Å²) >= 11 is 0. The molecule has 26 heavy (non-hydrogen) atoms. The molecule has 0 spiro atoms. The van der Waals surface area contributed by atoms with Crippen molar-refractivity contribution in [2.75, 3.05) is 35.5 Å². The molecule has 0 radical (unpaired) electrons. The zero-order valence-corrected chi connectivity index (χ0v) is 15.5. The number of benzene rings is 2. The van der Waals surface area contributed by atoms with Crippen LogP contribution in [0.1, 0.15) is 11.1 Å². The van der Waals surface area contributed by atoms with Gasteiger partial charge in [-0.25, -0.2) is 0 Å². The Bertz CT molecular complexity index is 852. The third kappa shape index (κ3) is 3.67. The summed E-state index contributed by atoms with van der Waals surface area (Å²) in [5.74, 6) is 2.59. The molecule has 2 aromatic carbocycles. The zero-order valence-electron chi connectivity index (χ0n) is 15.5.